The Morgan fingerprint density at radius 3 is 2.93 bits per heavy atom. The van der Waals surface area contributed by atoms with Gasteiger partial charge in [-0.15, -0.1) is 0 Å². The van der Waals surface area contributed by atoms with E-state index in [9.17, 15) is 0 Å². The molecule has 3 nitrogen and oxygen atoms in total. The zero-order valence-corrected chi connectivity index (χ0v) is 9.25. The summed E-state index contributed by atoms with van der Waals surface area (Å²) in [5.74, 6) is 1.22. The number of hydrogen-bond donors (Lipinski definition) is 1. The number of aromatic nitrogens is 2. The third kappa shape index (κ3) is 1.27. The van der Waals surface area contributed by atoms with Crippen LogP contribution in [0.2, 0.25) is 0 Å². The number of rotatable bonds is 1. The maximum absolute atomic E-state index is 5.85. The van der Waals surface area contributed by atoms with Crippen LogP contribution < -0.4 is 5.73 Å². The van der Waals surface area contributed by atoms with E-state index in [0.717, 1.165) is 13.0 Å². The lowest BCUT2D eigenvalue weighted by molar-refractivity contribution is 0.405. The molecule has 2 rings (SSSR count). The van der Waals surface area contributed by atoms with Gasteiger partial charge in [-0.1, -0.05) is 6.92 Å². The van der Waals surface area contributed by atoms with Gasteiger partial charge in [-0.3, -0.25) is 4.68 Å². The van der Waals surface area contributed by atoms with Gasteiger partial charge in [-0.05, 0) is 32.2 Å². The number of aryl methyl sites for hydroxylation is 2. The standard InChI is InChI=1S/C11H19N3/c1-7-4-5-10-11(9(7)6-12)8(2)14(3)13-10/h7,9H,4-6,12H2,1-3H3. The van der Waals surface area contributed by atoms with Crippen molar-refractivity contribution in [2.45, 2.75) is 32.6 Å². The molecule has 2 N–H and O–H groups in total. The van der Waals surface area contributed by atoms with Crippen LogP contribution in [0.5, 0.6) is 0 Å². The molecule has 2 unspecified atom stereocenters. The van der Waals surface area contributed by atoms with Crippen molar-refractivity contribution in [3.8, 4) is 0 Å². The number of fused-ring (bicyclic) bond motifs is 1. The summed E-state index contributed by atoms with van der Waals surface area (Å²) in [6.45, 7) is 5.19. The molecule has 1 aliphatic carbocycles. The second-order valence-electron chi connectivity index (χ2n) is 4.43. The molecular formula is C11H19N3. The van der Waals surface area contributed by atoms with Gasteiger partial charge in [0.05, 0.1) is 5.69 Å². The molecule has 78 valence electrons. The number of hydrogen-bond acceptors (Lipinski definition) is 2. The average molecular weight is 193 g/mol. The lowest BCUT2D eigenvalue weighted by atomic mass is 9.78. The highest BCUT2D eigenvalue weighted by molar-refractivity contribution is 5.32. The fraction of sp³-hybridized carbons (Fsp3) is 0.727. The fourth-order valence-electron chi connectivity index (χ4n) is 2.56. The Kier molecular flexibility index (Phi) is 2.35. The second-order valence-corrected chi connectivity index (χ2v) is 4.43. The van der Waals surface area contributed by atoms with E-state index in [4.69, 9.17) is 5.73 Å². The van der Waals surface area contributed by atoms with Gasteiger partial charge in [0.2, 0.25) is 0 Å². The van der Waals surface area contributed by atoms with Crippen molar-refractivity contribution in [3.05, 3.63) is 17.0 Å². The first-order valence-electron chi connectivity index (χ1n) is 5.37. The maximum Gasteiger partial charge on any atom is 0.0662 e. The highest BCUT2D eigenvalue weighted by atomic mass is 15.3. The van der Waals surface area contributed by atoms with Crippen LogP contribution in [0.1, 0.15) is 36.2 Å². The van der Waals surface area contributed by atoms with Crippen LogP contribution in [0.4, 0.5) is 0 Å². The summed E-state index contributed by atoms with van der Waals surface area (Å²) in [6.07, 6.45) is 2.35. The number of nitrogens with two attached hydrogens (primary N) is 1. The number of nitrogens with zero attached hydrogens (tertiary/aromatic N) is 2. The molecule has 0 saturated carbocycles. The Balaban J connectivity index is 2.49. The Labute approximate surface area is 85.3 Å². The molecule has 1 aromatic heterocycles. The first-order chi connectivity index (χ1) is 6.65. The van der Waals surface area contributed by atoms with Gasteiger partial charge in [0, 0.05) is 24.2 Å². The quantitative estimate of drug-likeness (QED) is 0.731. The van der Waals surface area contributed by atoms with Crippen molar-refractivity contribution >= 4 is 0 Å². The van der Waals surface area contributed by atoms with Crippen molar-refractivity contribution in [2.24, 2.45) is 18.7 Å². The van der Waals surface area contributed by atoms with Crippen LogP contribution in [-0.2, 0) is 13.5 Å². The molecule has 14 heavy (non-hydrogen) atoms. The van der Waals surface area contributed by atoms with E-state index in [1.807, 2.05) is 11.7 Å². The first-order valence-corrected chi connectivity index (χ1v) is 5.37. The Morgan fingerprint density at radius 2 is 2.29 bits per heavy atom. The molecule has 1 aliphatic rings. The summed E-state index contributed by atoms with van der Waals surface area (Å²) in [4.78, 5) is 0. The Bertz CT molecular complexity index is 341. The predicted molar refractivity (Wildman–Crippen MR) is 57.2 cm³/mol. The summed E-state index contributed by atoms with van der Waals surface area (Å²) in [7, 11) is 2.02. The Morgan fingerprint density at radius 1 is 1.57 bits per heavy atom. The highest BCUT2D eigenvalue weighted by Gasteiger charge is 2.29. The molecule has 1 aromatic rings. The van der Waals surface area contributed by atoms with Gasteiger partial charge < -0.3 is 5.73 Å². The van der Waals surface area contributed by atoms with Crippen LogP contribution >= 0.6 is 0 Å². The SMILES string of the molecule is Cc1c2c(nn1C)CCC(C)C2CN. The molecule has 2 atom stereocenters. The zero-order chi connectivity index (χ0) is 10.3. The summed E-state index contributed by atoms with van der Waals surface area (Å²) in [6, 6.07) is 0. The van der Waals surface area contributed by atoms with Crippen molar-refractivity contribution in [1.82, 2.24) is 9.78 Å². The fourth-order valence-corrected chi connectivity index (χ4v) is 2.56. The molecule has 0 saturated heterocycles. The van der Waals surface area contributed by atoms with E-state index in [1.165, 1.54) is 23.4 Å². The molecule has 1 heterocycles. The van der Waals surface area contributed by atoms with Crippen molar-refractivity contribution in [1.29, 1.82) is 0 Å². The molecular weight excluding hydrogens is 174 g/mol. The summed E-state index contributed by atoms with van der Waals surface area (Å²) in [5.41, 5.74) is 9.84. The van der Waals surface area contributed by atoms with Crippen LogP contribution in [0, 0.1) is 12.8 Å². The van der Waals surface area contributed by atoms with Gasteiger partial charge in [-0.2, -0.15) is 5.10 Å². The first kappa shape index (κ1) is 9.71. The van der Waals surface area contributed by atoms with Gasteiger partial charge >= 0.3 is 0 Å². The summed E-state index contributed by atoms with van der Waals surface area (Å²) >= 11 is 0. The molecule has 0 spiro atoms. The highest BCUT2D eigenvalue weighted by Crippen LogP contribution is 2.36. The normalized spacial score (nSPS) is 26.3. The zero-order valence-electron chi connectivity index (χ0n) is 9.25. The average Bonchev–Trinajstić information content (AvgIpc) is 2.45. The van der Waals surface area contributed by atoms with E-state index in [2.05, 4.69) is 18.9 Å². The minimum atomic E-state index is 0.521. The van der Waals surface area contributed by atoms with Crippen LogP contribution in [0.15, 0.2) is 0 Å². The maximum atomic E-state index is 5.85. The minimum Gasteiger partial charge on any atom is -0.330 e. The minimum absolute atomic E-state index is 0.521. The monoisotopic (exact) mass is 193 g/mol. The molecule has 0 fully saturated rings. The van der Waals surface area contributed by atoms with Crippen LogP contribution in [0.25, 0.3) is 0 Å². The van der Waals surface area contributed by atoms with Gasteiger partial charge in [0.15, 0.2) is 0 Å². The van der Waals surface area contributed by atoms with Gasteiger partial charge in [-0.25, -0.2) is 0 Å². The van der Waals surface area contributed by atoms with Crippen molar-refractivity contribution in [2.75, 3.05) is 6.54 Å². The van der Waals surface area contributed by atoms with Gasteiger partial charge in [0.25, 0.3) is 0 Å². The van der Waals surface area contributed by atoms with E-state index < -0.39 is 0 Å². The third-order valence-electron chi connectivity index (χ3n) is 3.60. The molecule has 0 bridgehead atoms. The largest absolute Gasteiger partial charge is 0.330 e. The summed E-state index contributed by atoms with van der Waals surface area (Å²) in [5, 5.41) is 4.54. The lowest BCUT2D eigenvalue weighted by Gasteiger charge is -2.27. The van der Waals surface area contributed by atoms with Crippen molar-refractivity contribution < 1.29 is 0 Å². The summed E-state index contributed by atoms with van der Waals surface area (Å²) < 4.78 is 1.99. The lowest BCUT2D eigenvalue weighted by Crippen LogP contribution is -2.25. The molecule has 0 aromatic carbocycles. The molecule has 0 amide bonds. The van der Waals surface area contributed by atoms with Gasteiger partial charge in [0.1, 0.15) is 0 Å². The second kappa shape index (κ2) is 3.39. The van der Waals surface area contributed by atoms with E-state index in [-0.39, 0.29) is 0 Å². The van der Waals surface area contributed by atoms with E-state index in [1.54, 1.807) is 0 Å². The van der Waals surface area contributed by atoms with Crippen LogP contribution in [-0.4, -0.2) is 16.3 Å². The van der Waals surface area contributed by atoms with Crippen LogP contribution in [0.3, 0.4) is 0 Å². The predicted octanol–water partition coefficient (Wildman–Crippen LogP) is 1.35. The van der Waals surface area contributed by atoms with E-state index >= 15 is 0 Å². The molecule has 0 aliphatic heterocycles. The molecule has 0 radical (unpaired) electrons. The Hall–Kier alpha value is -0.830. The van der Waals surface area contributed by atoms with Crippen molar-refractivity contribution in [3.63, 3.8) is 0 Å². The topological polar surface area (TPSA) is 43.8 Å². The smallest absolute Gasteiger partial charge is 0.0662 e. The molecule has 3 heteroatoms. The van der Waals surface area contributed by atoms with E-state index in [0.29, 0.717) is 11.8 Å². The third-order valence-corrected chi connectivity index (χ3v) is 3.60.